The highest BCUT2D eigenvalue weighted by Gasteiger charge is 2.19. The standard InChI is InChI=1S/C13H8N2O2/c1-7-6-8-9(16)2-4-14-12(8)13-11(7)10(17)3-5-15-13/h2-6H,1H3. The van der Waals surface area contributed by atoms with Gasteiger partial charge in [-0.3, -0.25) is 19.6 Å². The Balaban J connectivity index is 2.56. The van der Waals surface area contributed by atoms with Crippen LogP contribution in [0.1, 0.15) is 26.3 Å². The number of hydrogen-bond acceptors (Lipinski definition) is 4. The van der Waals surface area contributed by atoms with Gasteiger partial charge in [-0.05, 0) is 18.6 Å². The first-order chi connectivity index (χ1) is 8.18. The summed E-state index contributed by atoms with van der Waals surface area (Å²) in [5, 5.41) is 1.00. The molecule has 0 amide bonds. The summed E-state index contributed by atoms with van der Waals surface area (Å²) in [5.41, 5.74) is 1.81. The summed E-state index contributed by atoms with van der Waals surface area (Å²) in [6.07, 6.45) is 5.72. The number of benzene rings is 1. The molecule has 4 nitrogen and oxygen atoms in total. The van der Waals surface area contributed by atoms with Crippen molar-refractivity contribution in [1.82, 2.24) is 0 Å². The molecule has 0 aliphatic carbocycles. The number of fused-ring (bicyclic) bond motifs is 3. The van der Waals surface area contributed by atoms with Crippen LogP contribution >= 0.6 is 0 Å². The fourth-order valence-corrected chi connectivity index (χ4v) is 2.08. The van der Waals surface area contributed by atoms with Crippen LogP contribution in [0.4, 0.5) is 0 Å². The second kappa shape index (κ2) is 3.31. The molecule has 0 N–H and O–H groups in total. The lowest BCUT2D eigenvalue weighted by Crippen LogP contribution is -2.38. The zero-order chi connectivity index (χ0) is 12.0. The predicted octanol–water partition coefficient (Wildman–Crippen LogP) is 0.654. The lowest BCUT2D eigenvalue weighted by Gasteiger charge is -2.10. The smallest absolute Gasteiger partial charge is 0.189 e. The summed E-state index contributed by atoms with van der Waals surface area (Å²) in [4.78, 5) is 31.8. The minimum absolute atomic E-state index is 0.0903. The molecule has 1 aromatic rings. The van der Waals surface area contributed by atoms with Crippen LogP contribution < -0.4 is 10.7 Å². The van der Waals surface area contributed by atoms with Crippen molar-refractivity contribution in [3.8, 4) is 0 Å². The maximum atomic E-state index is 11.8. The van der Waals surface area contributed by atoms with Crippen LogP contribution in [0.5, 0.6) is 0 Å². The Hall–Kier alpha value is -2.36. The second-order valence-electron chi connectivity index (χ2n) is 3.93. The molecule has 0 fully saturated rings. The van der Waals surface area contributed by atoms with Gasteiger partial charge >= 0.3 is 0 Å². The van der Waals surface area contributed by atoms with Crippen molar-refractivity contribution in [2.75, 3.05) is 0 Å². The highest BCUT2D eigenvalue weighted by molar-refractivity contribution is 6.08. The Kier molecular flexibility index (Phi) is 1.92. The van der Waals surface area contributed by atoms with Gasteiger partial charge in [0.05, 0.1) is 11.1 Å². The molecule has 4 heteroatoms. The topological polar surface area (TPSA) is 58.9 Å². The summed E-state index contributed by atoms with van der Waals surface area (Å²) in [5.74, 6) is -0.189. The minimum atomic E-state index is -0.0990. The van der Waals surface area contributed by atoms with Gasteiger partial charge < -0.3 is 0 Å². The highest BCUT2D eigenvalue weighted by Crippen LogP contribution is 2.10. The quantitative estimate of drug-likeness (QED) is 0.649. The van der Waals surface area contributed by atoms with Crippen molar-refractivity contribution in [2.24, 2.45) is 9.98 Å². The highest BCUT2D eigenvalue weighted by atomic mass is 16.1. The molecule has 0 bridgehead atoms. The zero-order valence-corrected chi connectivity index (χ0v) is 9.10. The molecule has 1 aromatic carbocycles. The second-order valence-corrected chi connectivity index (χ2v) is 3.93. The number of rotatable bonds is 0. The molecular weight excluding hydrogens is 216 g/mol. The lowest BCUT2D eigenvalue weighted by molar-refractivity contribution is 0.103. The molecule has 0 saturated carbocycles. The van der Waals surface area contributed by atoms with Gasteiger partial charge in [-0.2, -0.15) is 0 Å². The monoisotopic (exact) mass is 224 g/mol. The number of nitrogens with zero attached hydrogens (tertiary/aromatic N) is 2. The third kappa shape index (κ3) is 1.30. The van der Waals surface area contributed by atoms with Crippen LogP contribution in [0.3, 0.4) is 0 Å². The van der Waals surface area contributed by atoms with Crippen molar-refractivity contribution in [2.45, 2.75) is 6.92 Å². The first-order valence-electron chi connectivity index (χ1n) is 5.19. The molecule has 3 rings (SSSR count). The first-order valence-corrected chi connectivity index (χ1v) is 5.19. The molecule has 0 aromatic heterocycles. The molecule has 0 unspecified atom stereocenters. The van der Waals surface area contributed by atoms with Crippen LogP contribution in [0.2, 0.25) is 0 Å². The minimum Gasteiger partial charge on any atom is -0.289 e. The van der Waals surface area contributed by atoms with Crippen molar-refractivity contribution >= 4 is 11.6 Å². The van der Waals surface area contributed by atoms with Gasteiger partial charge in [-0.15, -0.1) is 0 Å². The van der Waals surface area contributed by atoms with Crippen LogP contribution in [0.15, 0.2) is 40.6 Å². The average Bonchev–Trinajstić information content (AvgIpc) is 2.31. The van der Waals surface area contributed by atoms with Gasteiger partial charge in [0.15, 0.2) is 11.6 Å². The Morgan fingerprint density at radius 3 is 2.35 bits per heavy atom. The summed E-state index contributed by atoms with van der Waals surface area (Å²) in [6, 6.07) is 1.70. The van der Waals surface area contributed by atoms with E-state index < -0.39 is 0 Å². The molecule has 17 heavy (non-hydrogen) atoms. The number of carbonyl (C=O) groups is 2. The molecule has 2 heterocycles. The molecule has 0 radical (unpaired) electrons. The third-order valence-electron chi connectivity index (χ3n) is 2.84. The fourth-order valence-electron chi connectivity index (χ4n) is 2.08. The molecule has 2 aliphatic heterocycles. The zero-order valence-electron chi connectivity index (χ0n) is 9.10. The summed E-state index contributed by atoms with van der Waals surface area (Å²) in [6.45, 7) is 1.80. The van der Waals surface area contributed by atoms with Gasteiger partial charge in [0.25, 0.3) is 0 Å². The van der Waals surface area contributed by atoms with E-state index in [0.717, 1.165) is 5.56 Å². The average molecular weight is 224 g/mol. The van der Waals surface area contributed by atoms with Gasteiger partial charge in [0.1, 0.15) is 10.7 Å². The van der Waals surface area contributed by atoms with Crippen LogP contribution in [0, 0.1) is 6.92 Å². The van der Waals surface area contributed by atoms with E-state index in [1.807, 2.05) is 0 Å². The third-order valence-corrected chi connectivity index (χ3v) is 2.84. The Bertz CT molecular complexity index is 740. The molecule has 0 atom stereocenters. The largest absolute Gasteiger partial charge is 0.289 e. The van der Waals surface area contributed by atoms with Crippen LogP contribution in [-0.2, 0) is 0 Å². The van der Waals surface area contributed by atoms with Crippen LogP contribution in [0.25, 0.3) is 0 Å². The van der Waals surface area contributed by atoms with E-state index >= 15 is 0 Å². The van der Waals surface area contributed by atoms with E-state index in [9.17, 15) is 9.59 Å². The molecule has 0 spiro atoms. The predicted molar refractivity (Wildman–Crippen MR) is 60.4 cm³/mol. The Morgan fingerprint density at radius 2 is 1.59 bits per heavy atom. The summed E-state index contributed by atoms with van der Waals surface area (Å²) in [7, 11) is 0. The van der Waals surface area contributed by atoms with Gasteiger partial charge in [0, 0.05) is 24.6 Å². The van der Waals surface area contributed by atoms with E-state index in [0.29, 0.717) is 21.8 Å². The number of ketones is 2. The molecular formula is C13H8N2O2. The van der Waals surface area contributed by atoms with Crippen molar-refractivity contribution in [3.63, 3.8) is 0 Å². The lowest BCUT2D eigenvalue weighted by atomic mass is 9.96. The SMILES string of the molecule is Cc1cc2c(c3c1C(=O)C=CN=3)=NC=CC2=O. The van der Waals surface area contributed by atoms with E-state index in [-0.39, 0.29) is 11.6 Å². The van der Waals surface area contributed by atoms with Gasteiger partial charge in [0.2, 0.25) is 0 Å². The molecule has 2 aliphatic rings. The van der Waals surface area contributed by atoms with E-state index in [1.165, 1.54) is 24.6 Å². The number of aryl methyl sites for hydroxylation is 1. The van der Waals surface area contributed by atoms with Gasteiger partial charge in [-0.25, -0.2) is 0 Å². The van der Waals surface area contributed by atoms with E-state index in [2.05, 4.69) is 9.98 Å². The van der Waals surface area contributed by atoms with E-state index in [1.54, 1.807) is 13.0 Å². The first kappa shape index (κ1) is 9.84. The molecule has 0 saturated heterocycles. The Labute approximate surface area is 96.7 Å². The molecule has 82 valence electrons. The van der Waals surface area contributed by atoms with Crippen LogP contribution in [-0.4, -0.2) is 11.6 Å². The van der Waals surface area contributed by atoms with Crippen molar-refractivity contribution in [1.29, 1.82) is 0 Å². The fraction of sp³-hybridized carbons (Fsp3) is 0.0769. The van der Waals surface area contributed by atoms with Crippen molar-refractivity contribution in [3.05, 3.63) is 58.0 Å². The maximum absolute atomic E-state index is 11.8. The number of carbonyl (C=O) groups excluding carboxylic acids is 2. The number of hydrogen-bond donors (Lipinski definition) is 0. The van der Waals surface area contributed by atoms with E-state index in [4.69, 9.17) is 0 Å². The summed E-state index contributed by atoms with van der Waals surface area (Å²) < 4.78 is 0. The van der Waals surface area contributed by atoms with Crippen molar-refractivity contribution < 1.29 is 9.59 Å². The normalized spacial score (nSPS) is 16.1. The Morgan fingerprint density at radius 1 is 0.941 bits per heavy atom. The van der Waals surface area contributed by atoms with Gasteiger partial charge in [-0.1, -0.05) is 0 Å². The summed E-state index contributed by atoms with van der Waals surface area (Å²) >= 11 is 0. The maximum Gasteiger partial charge on any atom is 0.189 e. The number of allylic oxidation sites excluding steroid dienone is 2.